The van der Waals surface area contributed by atoms with Crippen LogP contribution in [0.5, 0.6) is 0 Å². The maximum absolute atomic E-state index is 12.0. The van der Waals surface area contributed by atoms with E-state index in [0.717, 1.165) is 5.56 Å². The monoisotopic (exact) mass is 234 g/mol. The van der Waals surface area contributed by atoms with Crippen LogP contribution >= 0.6 is 0 Å². The van der Waals surface area contributed by atoms with Crippen molar-refractivity contribution in [2.75, 3.05) is 6.54 Å². The average molecular weight is 234 g/mol. The topological polar surface area (TPSA) is 55.1 Å². The lowest BCUT2D eigenvalue weighted by atomic mass is 9.86. The van der Waals surface area contributed by atoms with Gasteiger partial charge in [0.15, 0.2) is 0 Å². The zero-order valence-electron chi connectivity index (χ0n) is 11.1. The van der Waals surface area contributed by atoms with E-state index in [1.54, 1.807) is 0 Å². The SMILES string of the molecule is Cc1ccc(C(=O)NC(CN)C(C)(C)C)cc1. The van der Waals surface area contributed by atoms with Gasteiger partial charge in [0.25, 0.3) is 5.91 Å². The Hall–Kier alpha value is -1.35. The van der Waals surface area contributed by atoms with Crippen LogP contribution in [0.15, 0.2) is 24.3 Å². The second-order valence-electron chi connectivity index (χ2n) is 5.49. The Bertz CT molecular complexity index is 376. The van der Waals surface area contributed by atoms with Gasteiger partial charge in [-0.2, -0.15) is 0 Å². The molecule has 0 aliphatic heterocycles. The largest absolute Gasteiger partial charge is 0.348 e. The highest BCUT2D eigenvalue weighted by Crippen LogP contribution is 2.18. The van der Waals surface area contributed by atoms with Crippen LogP contribution in [-0.2, 0) is 0 Å². The summed E-state index contributed by atoms with van der Waals surface area (Å²) in [6.45, 7) is 8.65. The highest BCUT2D eigenvalue weighted by molar-refractivity contribution is 5.94. The van der Waals surface area contributed by atoms with Gasteiger partial charge in [0.1, 0.15) is 0 Å². The molecule has 1 rings (SSSR count). The van der Waals surface area contributed by atoms with E-state index in [-0.39, 0.29) is 17.4 Å². The fourth-order valence-electron chi connectivity index (χ4n) is 1.58. The molecule has 0 fully saturated rings. The molecule has 0 spiro atoms. The summed E-state index contributed by atoms with van der Waals surface area (Å²) >= 11 is 0. The number of nitrogens with one attached hydrogen (secondary N) is 1. The Kier molecular flexibility index (Phi) is 4.29. The molecule has 3 heteroatoms. The molecule has 1 atom stereocenters. The lowest BCUT2D eigenvalue weighted by Gasteiger charge is -2.30. The van der Waals surface area contributed by atoms with E-state index in [2.05, 4.69) is 26.1 Å². The van der Waals surface area contributed by atoms with Crippen molar-refractivity contribution < 1.29 is 4.79 Å². The van der Waals surface area contributed by atoms with Crippen molar-refractivity contribution >= 4 is 5.91 Å². The van der Waals surface area contributed by atoms with Crippen molar-refractivity contribution in [1.29, 1.82) is 0 Å². The first kappa shape index (κ1) is 13.7. The number of carbonyl (C=O) groups is 1. The summed E-state index contributed by atoms with van der Waals surface area (Å²) in [6, 6.07) is 7.52. The molecule has 0 radical (unpaired) electrons. The summed E-state index contributed by atoms with van der Waals surface area (Å²) in [4.78, 5) is 12.0. The first-order valence-electron chi connectivity index (χ1n) is 5.92. The lowest BCUT2D eigenvalue weighted by Crippen LogP contribution is -2.48. The second kappa shape index (κ2) is 5.32. The van der Waals surface area contributed by atoms with E-state index >= 15 is 0 Å². The molecule has 0 saturated carbocycles. The Morgan fingerprint density at radius 2 is 1.82 bits per heavy atom. The van der Waals surface area contributed by atoms with Crippen LogP contribution < -0.4 is 11.1 Å². The van der Waals surface area contributed by atoms with E-state index in [1.807, 2.05) is 31.2 Å². The van der Waals surface area contributed by atoms with Gasteiger partial charge in [-0.05, 0) is 24.5 Å². The Morgan fingerprint density at radius 3 is 2.24 bits per heavy atom. The van der Waals surface area contributed by atoms with Gasteiger partial charge in [-0.15, -0.1) is 0 Å². The minimum atomic E-state index is -0.0598. The zero-order valence-corrected chi connectivity index (χ0v) is 11.1. The highest BCUT2D eigenvalue weighted by Gasteiger charge is 2.25. The molecule has 3 nitrogen and oxygen atoms in total. The minimum absolute atomic E-state index is 0.0173. The molecule has 0 bridgehead atoms. The van der Waals surface area contributed by atoms with Gasteiger partial charge in [0, 0.05) is 18.2 Å². The smallest absolute Gasteiger partial charge is 0.251 e. The number of benzene rings is 1. The second-order valence-corrected chi connectivity index (χ2v) is 5.49. The molecule has 1 unspecified atom stereocenters. The van der Waals surface area contributed by atoms with Gasteiger partial charge in [0.2, 0.25) is 0 Å². The van der Waals surface area contributed by atoms with E-state index in [0.29, 0.717) is 12.1 Å². The van der Waals surface area contributed by atoms with Gasteiger partial charge in [-0.1, -0.05) is 38.5 Å². The highest BCUT2D eigenvalue weighted by atomic mass is 16.1. The molecule has 3 N–H and O–H groups in total. The van der Waals surface area contributed by atoms with Gasteiger partial charge in [-0.3, -0.25) is 4.79 Å². The summed E-state index contributed by atoms with van der Waals surface area (Å²) in [5.74, 6) is -0.0598. The standard InChI is InChI=1S/C14H22N2O/c1-10-5-7-11(8-6-10)13(17)16-12(9-15)14(2,3)4/h5-8,12H,9,15H2,1-4H3,(H,16,17). The normalized spacial score (nSPS) is 13.2. The van der Waals surface area contributed by atoms with Crippen LogP contribution in [-0.4, -0.2) is 18.5 Å². The number of aryl methyl sites for hydroxylation is 1. The molecule has 0 aliphatic rings. The first-order valence-corrected chi connectivity index (χ1v) is 5.92. The predicted octanol–water partition coefficient (Wildman–Crippen LogP) is 2.10. The molecular formula is C14H22N2O. The van der Waals surface area contributed by atoms with Crippen LogP contribution in [0.2, 0.25) is 0 Å². The minimum Gasteiger partial charge on any atom is -0.348 e. The molecular weight excluding hydrogens is 212 g/mol. The third kappa shape index (κ3) is 3.86. The Labute approximate surface area is 103 Å². The number of nitrogens with two attached hydrogens (primary N) is 1. The number of hydrogen-bond acceptors (Lipinski definition) is 2. The molecule has 1 aromatic rings. The van der Waals surface area contributed by atoms with Crippen molar-refractivity contribution in [3.05, 3.63) is 35.4 Å². The van der Waals surface area contributed by atoms with Crippen molar-refractivity contribution in [2.24, 2.45) is 11.1 Å². The maximum atomic E-state index is 12.0. The van der Waals surface area contributed by atoms with Crippen LogP contribution in [0.4, 0.5) is 0 Å². The number of rotatable bonds is 3. The lowest BCUT2D eigenvalue weighted by molar-refractivity contribution is 0.0905. The number of carbonyl (C=O) groups excluding carboxylic acids is 1. The van der Waals surface area contributed by atoms with Crippen LogP contribution in [0.1, 0.15) is 36.7 Å². The fourth-order valence-corrected chi connectivity index (χ4v) is 1.58. The molecule has 1 aromatic carbocycles. The Balaban J connectivity index is 2.75. The third-order valence-electron chi connectivity index (χ3n) is 2.90. The number of amides is 1. The van der Waals surface area contributed by atoms with E-state index < -0.39 is 0 Å². The quantitative estimate of drug-likeness (QED) is 0.841. The van der Waals surface area contributed by atoms with Crippen LogP contribution in [0.25, 0.3) is 0 Å². The van der Waals surface area contributed by atoms with Gasteiger partial charge >= 0.3 is 0 Å². The average Bonchev–Trinajstić information content (AvgIpc) is 2.24. The fraction of sp³-hybridized carbons (Fsp3) is 0.500. The van der Waals surface area contributed by atoms with Gasteiger partial charge in [0.05, 0.1) is 0 Å². The van der Waals surface area contributed by atoms with Crippen molar-refractivity contribution in [1.82, 2.24) is 5.32 Å². The van der Waals surface area contributed by atoms with E-state index in [9.17, 15) is 4.79 Å². The van der Waals surface area contributed by atoms with Gasteiger partial charge in [-0.25, -0.2) is 0 Å². The number of hydrogen-bond donors (Lipinski definition) is 2. The van der Waals surface area contributed by atoms with Crippen molar-refractivity contribution in [3.63, 3.8) is 0 Å². The summed E-state index contributed by atoms with van der Waals surface area (Å²) in [5.41, 5.74) is 7.49. The molecule has 0 aromatic heterocycles. The first-order chi connectivity index (χ1) is 7.84. The van der Waals surface area contributed by atoms with E-state index in [4.69, 9.17) is 5.73 Å². The predicted molar refractivity (Wildman–Crippen MR) is 70.9 cm³/mol. The zero-order chi connectivity index (χ0) is 13.1. The maximum Gasteiger partial charge on any atom is 0.251 e. The summed E-state index contributed by atoms with van der Waals surface area (Å²) < 4.78 is 0. The molecule has 1 amide bonds. The Morgan fingerprint density at radius 1 is 1.29 bits per heavy atom. The molecule has 0 aliphatic carbocycles. The van der Waals surface area contributed by atoms with Crippen LogP contribution in [0.3, 0.4) is 0 Å². The van der Waals surface area contributed by atoms with Crippen LogP contribution in [0, 0.1) is 12.3 Å². The molecule has 0 saturated heterocycles. The third-order valence-corrected chi connectivity index (χ3v) is 2.90. The van der Waals surface area contributed by atoms with Crippen molar-refractivity contribution in [2.45, 2.75) is 33.7 Å². The summed E-state index contributed by atoms with van der Waals surface area (Å²) in [7, 11) is 0. The molecule has 17 heavy (non-hydrogen) atoms. The van der Waals surface area contributed by atoms with Crippen molar-refractivity contribution in [3.8, 4) is 0 Å². The molecule has 0 heterocycles. The van der Waals surface area contributed by atoms with E-state index in [1.165, 1.54) is 0 Å². The summed E-state index contributed by atoms with van der Waals surface area (Å²) in [6.07, 6.45) is 0. The summed E-state index contributed by atoms with van der Waals surface area (Å²) in [5, 5.41) is 2.98. The van der Waals surface area contributed by atoms with Gasteiger partial charge < -0.3 is 11.1 Å². The molecule has 94 valence electrons.